The van der Waals surface area contributed by atoms with Gasteiger partial charge in [-0.25, -0.2) is 0 Å². The lowest BCUT2D eigenvalue weighted by Gasteiger charge is -2.12. The second-order valence-corrected chi connectivity index (χ2v) is 8.99. The fraction of sp³-hybridized carbons (Fsp3) is 0.100. The summed E-state index contributed by atoms with van der Waals surface area (Å²) in [6.45, 7) is 1.87. The Kier molecular flexibility index (Phi) is 6.71. The molecule has 2 aromatic carbocycles. The molecule has 0 radical (unpaired) electrons. The van der Waals surface area contributed by atoms with E-state index in [0.717, 1.165) is 9.37 Å². The van der Waals surface area contributed by atoms with Gasteiger partial charge >= 0.3 is 0 Å². The van der Waals surface area contributed by atoms with Crippen molar-refractivity contribution in [1.82, 2.24) is 0 Å². The summed E-state index contributed by atoms with van der Waals surface area (Å²) in [6.07, 6.45) is 0. The summed E-state index contributed by atoms with van der Waals surface area (Å²) < 4.78 is 1.01. The van der Waals surface area contributed by atoms with Crippen molar-refractivity contribution < 1.29 is 9.59 Å². The number of halogens is 1. The van der Waals surface area contributed by atoms with E-state index < -0.39 is 0 Å². The van der Waals surface area contributed by atoms with Crippen molar-refractivity contribution in [2.45, 2.75) is 17.1 Å². The van der Waals surface area contributed by atoms with Crippen LogP contribution in [0.15, 0.2) is 75.4 Å². The van der Waals surface area contributed by atoms with Crippen LogP contribution in [0.5, 0.6) is 0 Å². The normalized spacial score (nSPS) is 11.6. The molecule has 1 aromatic heterocycles. The van der Waals surface area contributed by atoms with E-state index in [0.29, 0.717) is 16.3 Å². The van der Waals surface area contributed by atoms with E-state index in [4.69, 9.17) is 0 Å². The molecule has 0 fully saturated rings. The van der Waals surface area contributed by atoms with Gasteiger partial charge in [0.15, 0.2) is 0 Å². The highest BCUT2D eigenvalue weighted by molar-refractivity contribution is 9.10. The maximum atomic E-state index is 12.4. The van der Waals surface area contributed by atoms with E-state index in [1.54, 1.807) is 30.3 Å². The van der Waals surface area contributed by atoms with Crippen LogP contribution < -0.4 is 10.6 Å². The quantitative estimate of drug-likeness (QED) is 0.451. The van der Waals surface area contributed by atoms with Gasteiger partial charge in [-0.2, -0.15) is 0 Å². The molecule has 2 N–H and O–H groups in total. The zero-order valence-corrected chi connectivity index (χ0v) is 17.7. The topological polar surface area (TPSA) is 58.2 Å². The van der Waals surface area contributed by atoms with Crippen molar-refractivity contribution in [3.8, 4) is 0 Å². The molecule has 4 nitrogen and oxygen atoms in total. The maximum Gasteiger partial charge on any atom is 0.265 e. The highest BCUT2D eigenvalue weighted by Gasteiger charge is 2.15. The molecule has 3 aromatic rings. The summed E-state index contributed by atoms with van der Waals surface area (Å²) in [5.74, 6) is -0.209. The van der Waals surface area contributed by atoms with Crippen LogP contribution >= 0.6 is 39.0 Å². The highest BCUT2D eigenvalue weighted by atomic mass is 79.9. The van der Waals surface area contributed by atoms with Gasteiger partial charge in [0.1, 0.15) is 0 Å². The fourth-order valence-corrected chi connectivity index (χ4v) is 4.00. The summed E-state index contributed by atoms with van der Waals surface area (Å²) in [5, 5.41) is 7.37. The molecule has 0 saturated heterocycles. The lowest BCUT2D eigenvalue weighted by Crippen LogP contribution is -2.22. The van der Waals surface area contributed by atoms with Crippen LogP contribution in [0.4, 0.5) is 11.4 Å². The lowest BCUT2D eigenvalue weighted by atomic mass is 10.2. The van der Waals surface area contributed by atoms with Crippen molar-refractivity contribution in [2.75, 3.05) is 10.6 Å². The minimum atomic E-state index is -0.232. The third kappa shape index (κ3) is 5.69. The molecular formula is C20H17BrN2O2S2. The minimum absolute atomic E-state index is 0.0710. The summed E-state index contributed by atoms with van der Waals surface area (Å²) in [6, 6.07) is 18.6. The average molecular weight is 461 g/mol. The number of anilines is 2. The number of carbonyl (C=O) groups excluding carboxylic acids is 2. The van der Waals surface area contributed by atoms with Gasteiger partial charge < -0.3 is 10.6 Å². The number of amides is 2. The molecule has 0 aliphatic rings. The van der Waals surface area contributed by atoms with Gasteiger partial charge in [0.05, 0.1) is 10.1 Å². The van der Waals surface area contributed by atoms with E-state index in [-0.39, 0.29) is 17.1 Å². The first-order valence-corrected chi connectivity index (χ1v) is 10.7. The zero-order chi connectivity index (χ0) is 19.2. The molecule has 0 aliphatic carbocycles. The molecule has 1 unspecified atom stereocenters. The van der Waals surface area contributed by atoms with Crippen molar-refractivity contribution in [3.05, 3.63) is 75.4 Å². The van der Waals surface area contributed by atoms with Gasteiger partial charge in [0.25, 0.3) is 5.91 Å². The first-order valence-electron chi connectivity index (χ1n) is 8.19. The van der Waals surface area contributed by atoms with Gasteiger partial charge in [-0.05, 0) is 66.9 Å². The lowest BCUT2D eigenvalue weighted by molar-refractivity contribution is -0.115. The Morgan fingerprint density at radius 2 is 1.59 bits per heavy atom. The number of hydrogen-bond acceptors (Lipinski definition) is 4. The third-order valence-electron chi connectivity index (χ3n) is 3.65. The molecule has 2 amide bonds. The second-order valence-electron chi connectivity index (χ2n) is 5.71. The Morgan fingerprint density at radius 1 is 0.963 bits per heavy atom. The summed E-state index contributed by atoms with van der Waals surface area (Å²) >= 11 is 6.30. The summed E-state index contributed by atoms with van der Waals surface area (Å²) in [7, 11) is 0. The zero-order valence-electron chi connectivity index (χ0n) is 14.4. The van der Waals surface area contributed by atoms with Gasteiger partial charge in [0, 0.05) is 20.7 Å². The third-order valence-corrected chi connectivity index (χ3v) is 6.16. The first-order chi connectivity index (χ1) is 13.0. The molecule has 0 bridgehead atoms. The van der Waals surface area contributed by atoms with Crippen LogP contribution in [-0.4, -0.2) is 17.1 Å². The van der Waals surface area contributed by atoms with Crippen LogP contribution in [0, 0.1) is 0 Å². The van der Waals surface area contributed by atoms with Crippen LogP contribution in [0.2, 0.25) is 0 Å². The van der Waals surface area contributed by atoms with Gasteiger partial charge in [0.2, 0.25) is 5.91 Å². The largest absolute Gasteiger partial charge is 0.325 e. The average Bonchev–Trinajstić information content (AvgIpc) is 3.20. The van der Waals surface area contributed by atoms with Crippen LogP contribution in [0.1, 0.15) is 16.6 Å². The molecule has 3 rings (SSSR count). The molecule has 0 aliphatic heterocycles. The van der Waals surface area contributed by atoms with E-state index in [1.165, 1.54) is 23.1 Å². The van der Waals surface area contributed by atoms with E-state index in [9.17, 15) is 9.59 Å². The Bertz CT molecular complexity index is 910. The Balaban J connectivity index is 1.54. The van der Waals surface area contributed by atoms with Gasteiger partial charge in [-0.15, -0.1) is 23.1 Å². The number of hydrogen-bond donors (Lipinski definition) is 2. The Labute approximate surface area is 174 Å². The molecule has 1 heterocycles. The van der Waals surface area contributed by atoms with Crippen molar-refractivity contribution in [3.63, 3.8) is 0 Å². The molecule has 7 heteroatoms. The molecule has 138 valence electrons. The first kappa shape index (κ1) is 19.7. The van der Waals surface area contributed by atoms with E-state index in [1.807, 2.05) is 42.6 Å². The van der Waals surface area contributed by atoms with E-state index in [2.05, 4.69) is 26.6 Å². The van der Waals surface area contributed by atoms with Crippen LogP contribution in [0.25, 0.3) is 0 Å². The number of benzene rings is 2. The standard InChI is InChI=1S/C20H17BrN2O2S2/c1-13(27-17-10-4-14(21)5-11-17)19(24)22-15-6-8-16(9-7-15)23-20(25)18-3-2-12-26-18/h2-13H,1H3,(H,22,24)(H,23,25). The van der Waals surface area contributed by atoms with Crippen LogP contribution in [0.3, 0.4) is 0 Å². The number of thioether (sulfide) groups is 1. The summed E-state index contributed by atoms with van der Waals surface area (Å²) in [4.78, 5) is 26.1. The highest BCUT2D eigenvalue weighted by Crippen LogP contribution is 2.26. The number of carbonyl (C=O) groups is 2. The van der Waals surface area contributed by atoms with Crippen molar-refractivity contribution in [1.29, 1.82) is 0 Å². The molecular weight excluding hydrogens is 444 g/mol. The Hall–Kier alpha value is -2.09. The second kappa shape index (κ2) is 9.21. The summed E-state index contributed by atoms with van der Waals surface area (Å²) in [5.41, 5.74) is 1.38. The molecule has 1 atom stereocenters. The number of thiophene rings is 1. The maximum absolute atomic E-state index is 12.4. The Morgan fingerprint density at radius 3 is 2.19 bits per heavy atom. The number of nitrogens with one attached hydrogen (secondary N) is 2. The molecule has 0 saturated carbocycles. The van der Waals surface area contributed by atoms with Crippen LogP contribution in [-0.2, 0) is 4.79 Å². The minimum Gasteiger partial charge on any atom is -0.325 e. The monoisotopic (exact) mass is 460 g/mol. The predicted molar refractivity (Wildman–Crippen MR) is 117 cm³/mol. The van der Waals surface area contributed by atoms with Crippen molar-refractivity contribution >= 4 is 62.2 Å². The van der Waals surface area contributed by atoms with Gasteiger partial charge in [-0.1, -0.05) is 22.0 Å². The van der Waals surface area contributed by atoms with Gasteiger partial charge in [-0.3, -0.25) is 9.59 Å². The molecule has 0 spiro atoms. The number of rotatable bonds is 6. The predicted octanol–water partition coefficient (Wildman–Crippen LogP) is 5.88. The smallest absolute Gasteiger partial charge is 0.265 e. The molecule has 27 heavy (non-hydrogen) atoms. The fourth-order valence-electron chi connectivity index (χ4n) is 2.25. The SMILES string of the molecule is CC(Sc1ccc(Br)cc1)C(=O)Nc1ccc(NC(=O)c2cccs2)cc1. The van der Waals surface area contributed by atoms with Crippen molar-refractivity contribution in [2.24, 2.45) is 0 Å². The van der Waals surface area contributed by atoms with E-state index >= 15 is 0 Å².